The maximum atomic E-state index is 13.5. The molecule has 4 N–H and O–H groups in total. The number of aromatic amines is 1. The summed E-state index contributed by atoms with van der Waals surface area (Å²) in [6.45, 7) is 0. The summed E-state index contributed by atoms with van der Waals surface area (Å²) < 4.78 is 19.5. The van der Waals surface area contributed by atoms with E-state index in [2.05, 4.69) is 43.1 Å². The Balaban J connectivity index is 1.93. The van der Waals surface area contributed by atoms with Crippen LogP contribution in [-0.4, -0.2) is 29.4 Å². The molecule has 0 aliphatic rings. The molecular weight excluding hydrogens is 476 g/mol. The third kappa shape index (κ3) is 4.47. The minimum atomic E-state index is -0.695. The van der Waals surface area contributed by atoms with Crippen molar-refractivity contribution in [2.75, 3.05) is 12.4 Å². The number of nitrogens with one attached hydrogen (secondary N) is 2. The average Bonchev–Trinajstić information content (AvgIpc) is 3.09. The molecule has 0 unspecified atom stereocenters. The van der Waals surface area contributed by atoms with Gasteiger partial charge in [0.15, 0.2) is 5.82 Å². The van der Waals surface area contributed by atoms with Crippen molar-refractivity contribution in [3.8, 4) is 5.75 Å². The lowest BCUT2D eigenvalue weighted by molar-refractivity contribution is 0.100. The Labute approximate surface area is 174 Å². The van der Waals surface area contributed by atoms with Crippen molar-refractivity contribution in [1.29, 1.82) is 0 Å². The zero-order valence-corrected chi connectivity index (χ0v) is 17.0. The lowest BCUT2D eigenvalue weighted by atomic mass is 10.2. The molecule has 28 heavy (non-hydrogen) atoms. The van der Waals surface area contributed by atoms with Gasteiger partial charge >= 0.3 is 0 Å². The van der Waals surface area contributed by atoms with Crippen LogP contribution in [0.1, 0.15) is 21.5 Å². The number of alkyl halides is 1. The van der Waals surface area contributed by atoms with Crippen LogP contribution in [0.5, 0.6) is 5.75 Å². The van der Waals surface area contributed by atoms with E-state index in [1.807, 2.05) is 24.3 Å². The largest absolute Gasteiger partial charge is 0.496 e. The van der Waals surface area contributed by atoms with E-state index in [1.54, 1.807) is 0 Å². The number of hydrogen-bond donors (Lipinski definition) is 3. The lowest BCUT2D eigenvalue weighted by Gasteiger charge is -2.07. The van der Waals surface area contributed by atoms with Crippen molar-refractivity contribution in [2.45, 2.75) is 4.43 Å². The van der Waals surface area contributed by atoms with Crippen molar-refractivity contribution in [3.05, 3.63) is 65.0 Å². The maximum Gasteiger partial charge on any atom is 0.256 e. The molecule has 144 valence electrons. The first kappa shape index (κ1) is 19.8. The van der Waals surface area contributed by atoms with Crippen LogP contribution in [0.25, 0.3) is 0 Å². The smallest absolute Gasteiger partial charge is 0.256 e. The fraction of sp³-hybridized carbons (Fsp3) is 0.105. The van der Waals surface area contributed by atoms with E-state index in [9.17, 15) is 9.18 Å². The second-order valence-corrected chi connectivity index (χ2v) is 6.53. The molecule has 0 aliphatic carbocycles. The molecule has 0 saturated heterocycles. The Morgan fingerprint density at radius 2 is 2.21 bits per heavy atom. The summed E-state index contributed by atoms with van der Waals surface area (Å²) in [4.78, 5) is 16.2. The Bertz CT molecular complexity index is 1030. The molecule has 0 saturated carbocycles. The van der Waals surface area contributed by atoms with E-state index < -0.39 is 11.7 Å². The molecule has 3 rings (SSSR count). The van der Waals surface area contributed by atoms with Gasteiger partial charge in [-0.25, -0.2) is 9.38 Å². The number of methoxy groups -OCH3 is 1. The van der Waals surface area contributed by atoms with Gasteiger partial charge in [-0.1, -0.05) is 34.7 Å². The number of nitrogens with two attached hydrogens (primary N) is 1. The van der Waals surface area contributed by atoms with E-state index >= 15 is 0 Å². The fourth-order valence-electron chi connectivity index (χ4n) is 2.56. The molecule has 2 aromatic carbocycles. The lowest BCUT2D eigenvalue weighted by Crippen LogP contribution is -2.12. The van der Waals surface area contributed by atoms with E-state index in [-0.39, 0.29) is 11.4 Å². The number of carbonyl (C=O) groups is 1. The molecule has 0 atom stereocenters. The van der Waals surface area contributed by atoms with Crippen LogP contribution in [0.4, 0.5) is 21.7 Å². The van der Waals surface area contributed by atoms with E-state index in [0.29, 0.717) is 17.1 Å². The van der Waals surface area contributed by atoms with Gasteiger partial charge in [-0.15, -0.1) is 0 Å². The Kier molecular flexibility index (Phi) is 6.24. The molecule has 0 spiro atoms. The summed E-state index contributed by atoms with van der Waals surface area (Å²) >= 11 is 2.27. The van der Waals surface area contributed by atoms with E-state index in [0.717, 1.165) is 15.7 Å². The molecule has 0 radical (unpaired) electrons. The average molecular weight is 493 g/mol. The van der Waals surface area contributed by atoms with Gasteiger partial charge < -0.3 is 15.8 Å². The van der Waals surface area contributed by atoms with Gasteiger partial charge in [-0.05, 0) is 35.9 Å². The predicted molar refractivity (Wildman–Crippen MR) is 115 cm³/mol. The number of benzene rings is 2. The topological polar surface area (TPSA) is 105 Å². The van der Waals surface area contributed by atoms with Crippen LogP contribution in [-0.2, 0) is 4.43 Å². The predicted octanol–water partition coefficient (Wildman–Crippen LogP) is 4.09. The highest BCUT2D eigenvalue weighted by molar-refractivity contribution is 14.1. The van der Waals surface area contributed by atoms with E-state index in [4.69, 9.17) is 10.5 Å². The van der Waals surface area contributed by atoms with Crippen molar-refractivity contribution in [1.82, 2.24) is 10.2 Å². The summed E-state index contributed by atoms with van der Waals surface area (Å²) in [7, 11) is 1.47. The van der Waals surface area contributed by atoms with Crippen LogP contribution in [0.15, 0.2) is 47.5 Å². The first-order valence-corrected chi connectivity index (χ1v) is 9.72. The normalized spacial score (nSPS) is 11.0. The van der Waals surface area contributed by atoms with Gasteiger partial charge in [-0.2, -0.15) is 5.10 Å². The van der Waals surface area contributed by atoms with Gasteiger partial charge in [0.05, 0.1) is 7.11 Å². The molecule has 9 heteroatoms. The van der Waals surface area contributed by atoms with Gasteiger partial charge in [0, 0.05) is 21.9 Å². The third-order valence-electron chi connectivity index (χ3n) is 3.86. The summed E-state index contributed by atoms with van der Waals surface area (Å²) in [6, 6.07) is 11.8. The fourth-order valence-corrected chi connectivity index (χ4v) is 3.04. The third-order valence-corrected chi connectivity index (χ3v) is 4.74. The summed E-state index contributed by atoms with van der Waals surface area (Å²) in [5.41, 5.74) is 7.94. The molecule has 7 nitrogen and oxygen atoms in total. The first-order chi connectivity index (χ1) is 13.5. The minimum Gasteiger partial charge on any atom is -0.496 e. The second-order valence-electron chi connectivity index (χ2n) is 5.76. The van der Waals surface area contributed by atoms with E-state index in [1.165, 1.54) is 31.5 Å². The van der Waals surface area contributed by atoms with Crippen LogP contribution in [0.2, 0.25) is 0 Å². The van der Waals surface area contributed by atoms with Crippen LogP contribution in [0, 0.1) is 5.82 Å². The van der Waals surface area contributed by atoms with Crippen LogP contribution < -0.4 is 15.8 Å². The Morgan fingerprint density at radius 1 is 1.39 bits per heavy atom. The molecule has 0 bridgehead atoms. The zero-order chi connectivity index (χ0) is 20.1. The van der Waals surface area contributed by atoms with Crippen molar-refractivity contribution in [2.24, 2.45) is 10.7 Å². The zero-order valence-electron chi connectivity index (χ0n) is 14.9. The highest BCUT2D eigenvalue weighted by atomic mass is 127. The number of primary amides is 1. The number of ether oxygens (including phenoxy) is 1. The number of carbonyl (C=O) groups excluding carboxylic acids is 1. The highest BCUT2D eigenvalue weighted by Gasteiger charge is 2.18. The van der Waals surface area contributed by atoms with Gasteiger partial charge in [-0.3, -0.25) is 9.89 Å². The minimum absolute atomic E-state index is 0.0892. The summed E-state index contributed by atoms with van der Waals surface area (Å²) in [5.74, 6) is -0.269. The molecule has 1 amide bonds. The first-order valence-electron chi connectivity index (χ1n) is 8.19. The second kappa shape index (κ2) is 8.83. The SMILES string of the molecule is COc1ccc(F)cc1C=Nc1n[nH]c(Nc2cccc(CI)c2)c1C(N)=O. The standard InChI is InChI=1S/C19H17FIN5O2/c1-28-15-6-5-13(20)8-12(15)10-23-18-16(17(22)27)19(26-25-18)24-14-4-2-3-11(7-14)9-21/h2-8,10H,9H2,1H3,(H2,22,27)(H2,24,25,26). The monoisotopic (exact) mass is 493 g/mol. The number of anilines is 2. The Morgan fingerprint density at radius 3 is 2.93 bits per heavy atom. The summed E-state index contributed by atoms with van der Waals surface area (Å²) in [6.07, 6.45) is 1.37. The molecule has 0 fully saturated rings. The quantitative estimate of drug-likeness (QED) is 0.262. The van der Waals surface area contributed by atoms with Crippen molar-refractivity contribution in [3.63, 3.8) is 0 Å². The van der Waals surface area contributed by atoms with Gasteiger partial charge in [0.2, 0.25) is 0 Å². The van der Waals surface area contributed by atoms with Gasteiger partial charge in [0.25, 0.3) is 5.91 Å². The van der Waals surface area contributed by atoms with Crippen LogP contribution in [0.3, 0.4) is 0 Å². The number of hydrogen-bond acceptors (Lipinski definition) is 5. The van der Waals surface area contributed by atoms with Crippen molar-refractivity contribution >= 4 is 52.0 Å². The number of aromatic nitrogens is 2. The van der Waals surface area contributed by atoms with Gasteiger partial charge in [0.1, 0.15) is 22.9 Å². The number of amides is 1. The molecule has 1 aromatic heterocycles. The summed E-state index contributed by atoms with van der Waals surface area (Å²) in [5, 5.41) is 9.88. The number of nitrogens with zero attached hydrogens (tertiary/aromatic N) is 2. The van der Waals surface area contributed by atoms with Crippen LogP contribution >= 0.6 is 22.6 Å². The molecule has 1 heterocycles. The number of halogens is 2. The highest BCUT2D eigenvalue weighted by Crippen LogP contribution is 2.27. The molecule has 0 aliphatic heterocycles. The number of H-pyrrole nitrogens is 1. The number of aliphatic imine (C=N–C) groups is 1. The maximum absolute atomic E-state index is 13.5. The number of rotatable bonds is 7. The Hall–Kier alpha value is -2.95. The van der Waals surface area contributed by atoms with Crippen molar-refractivity contribution < 1.29 is 13.9 Å². The molecular formula is C19H17FIN5O2. The molecule has 3 aromatic rings.